The van der Waals surface area contributed by atoms with Gasteiger partial charge in [0.15, 0.2) is 47.7 Å². The van der Waals surface area contributed by atoms with E-state index in [0.29, 0.717) is 31.4 Å². The van der Waals surface area contributed by atoms with Gasteiger partial charge in [-0.05, 0) is 140 Å². The number of nitrogens with two attached hydrogens (primary N) is 10. The SMILES string of the molecule is CC(C)C[C@H](NC(=O)[C@H](Cc1ccccc1)NC(=O)CNC(=O)[C@@H](N)CCCCN)C(=O)NCC(=O)NCC(=O)N[C@@H](CCCNC(=N)N)C(=O)N[C@@H](CCCNC(=N)N)C(=O)N[C@@H](CCCNC(=N)N)C(=O)N[C@@H](CCCNC(=N)N)C(=O)N[C@@H](CCCNC(=N)N)C(=O)N[C@@H](CCCNC(=N)N)C(=O)N[C@@H](CCCNC(=N)N)C(=O)N[C@@H](CCCNC(=N)N)C(=O)NCC(=O)N[C@@H](CC(=O)O)C(=O)O. The van der Waals surface area contributed by atoms with Gasteiger partial charge < -0.3 is 190 Å². The van der Waals surface area contributed by atoms with Crippen LogP contribution in [0.2, 0.25) is 0 Å². The van der Waals surface area contributed by atoms with Gasteiger partial charge in [-0.25, -0.2) is 4.79 Å². The number of carbonyl (C=O) groups is 17. The van der Waals surface area contributed by atoms with E-state index in [0.717, 1.165) is 0 Å². The average Bonchev–Trinajstić information content (AvgIpc) is 0.856. The van der Waals surface area contributed by atoms with Crippen LogP contribution in [0.4, 0.5) is 0 Å². The van der Waals surface area contributed by atoms with Gasteiger partial charge >= 0.3 is 11.9 Å². The van der Waals surface area contributed by atoms with Crippen molar-refractivity contribution in [3.8, 4) is 0 Å². The van der Waals surface area contributed by atoms with Crippen LogP contribution in [0.3, 0.4) is 0 Å². The van der Waals surface area contributed by atoms with Crippen molar-refractivity contribution in [2.24, 2.45) is 63.3 Å². The summed E-state index contributed by atoms with van der Waals surface area (Å²) in [5, 5.41) is 138. The Morgan fingerprint density at radius 1 is 0.277 bits per heavy atom. The summed E-state index contributed by atoms with van der Waals surface area (Å²) < 4.78 is 0. The number of unbranched alkanes of at least 4 members (excludes halogenated alkanes) is 1. The molecule has 0 aromatic heterocycles. The van der Waals surface area contributed by atoms with Crippen molar-refractivity contribution in [2.75, 3.05) is 85.1 Å². The Balaban J connectivity index is 3.96. The van der Waals surface area contributed by atoms with Crippen molar-refractivity contribution in [1.82, 2.24) is 122 Å². The highest BCUT2D eigenvalue weighted by Gasteiger charge is 2.37. The number of nitrogens with one attached hydrogen (secondary N) is 31. The Morgan fingerprint density at radius 2 is 0.518 bits per heavy atom. The normalized spacial score (nSPS) is 13.3. The summed E-state index contributed by atoms with van der Waals surface area (Å²) in [6.07, 6.45) is -2.29. The maximum absolute atomic E-state index is 15.1. The van der Waals surface area contributed by atoms with Gasteiger partial charge in [0.2, 0.25) is 88.6 Å². The number of rotatable bonds is 73. The van der Waals surface area contributed by atoms with Crippen molar-refractivity contribution >= 4 is 148 Å². The van der Waals surface area contributed by atoms with Crippen LogP contribution in [0.15, 0.2) is 30.3 Å². The van der Waals surface area contributed by atoms with Crippen LogP contribution in [-0.4, -0.2) is 316 Å². The second-order valence-electron chi connectivity index (χ2n) is 32.8. The quantitative estimate of drug-likeness (QED) is 0.0164. The highest BCUT2D eigenvalue weighted by molar-refractivity contribution is 6.00. The van der Waals surface area contributed by atoms with Crippen LogP contribution < -0.4 is 180 Å². The second kappa shape index (κ2) is 70.0. The summed E-state index contributed by atoms with van der Waals surface area (Å²) in [5.41, 5.74) is 56.6. The van der Waals surface area contributed by atoms with E-state index >= 15 is 14.4 Å². The summed E-state index contributed by atoms with van der Waals surface area (Å²) in [6, 6.07) is -10.0. The monoisotopic (exact) mass is 2000 g/mol. The highest BCUT2D eigenvalue weighted by atomic mass is 16.4. The number of aliphatic carboxylic acids is 2. The summed E-state index contributed by atoms with van der Waals surface area (Å²) >= 11 is 0. The van der Waals surface area contributed by atoms with Gasteiger partial charge in [-0.15, -0.1) is 0 Å². The third kappa shape index (κ3) is 59.1. The first-order chi connectivity index (χ1) is 66.6. The molecule has 0 radical (unpaired) electrons. The van der Waals surface area contributed by atoms with Gasteiger partial charge in [-0.2, -0.15) is 0 Å². The van der Waals surface area contributed by atoms with Crippen LogP contribution in [-0.2, 0) is 87.9 Å². The molecule has 0 heterocycles. The zero-order chi connectivity index (χ0) is 106. The summed E-state index contributed by atoms with van der Waals surface area (Å²) in [7, 11) is 0. The number of carboxylic acid groups (broad SMARTS) is 2. The number of guanidine groups is 8. The van der Waals surface area contributed by atoms with E-state index in [1.165, 1.54) is 0 Å². The number of hydrogen-bond donors (Lipinski definition) is 43. The predicted molar refractivity (Wildman–Crippen MR) is 517 cm³/mol. The molecular weight excluding hydrogens is 1850 g/mol. The molecule has 60 nitrogen and oxygen atoms in total. The van der Waals surface area contributed by atoms with Gasteiger partial charge in [-0.1, -0.05) is 50.6 Å². The molecule has 1 rings (SSSR count). The van der Waals surface area contributed by atoms with Gasteiger partial charge in [0.05, 0.1) is 38.6 Å². The number of carboxylic acids is 2. The molecule has 60 heteroatoms. The molecule has 0 unspecified atom stereocenters. The molecule has 141 heavy (non-hydrogen) atoms. The topological polar surface area (TPSA) is 1060 Å². The van der Waals surface area contributed by atoms with E-state index in [2.05, 4.69) is 117 Å². The maximum Gasteiger partial charge on any atom is 0.326 e. The lowest BCUT2D eigenvalue weighted by Crippen LogP contribution is -2.60. The molecule has 0 bridgehead atoms. The molecule has 12 atom stereocenters. The number of carbonyl (C=O) groups excluding carboxylic acids is 15. The molecule has 0 saturated heterocycles. The molecule has 0 aliphatic heterocycles. The molecule has 0 fully saturated rings. The van der Waals surface area contributed by atoms with Crippen molar-refractivity contribution < 1.29 is 91.7 Å². The molecule has 0 spiro atoms. The van der Waals surface area contributed by atoms with Gasteiger partial charge in [0, 0.05) is 58.8 Å². The smallest absolute Gasteiger partial charge is 0.326 e. The van der Waals surface area contributed by atoms with E-state index < -0.39 is 253 Å². The first kappa shape index (κ1) is 123. The van der Waals surface area contributed by atoms with E-state index in [9.17, 15) is 77.3 Å². The van der Waals surface area contributed by atoms with Crippen molar-refractivity contribution in [3.63, 3.8) is 0 Å². The Morgan fingerprint density at radius 3 is 0.794 bits per heavy atom. The number of hydrogen-bond acceptors (Lipinski definition) is 27. The van der Waals surface area contributed by atoms with Gasteiger partial charge in [0.25, 0.3) is 0 Å². The third-order valence-electron chi connectivity index (χ3n) is 20.3. The van der Waals surface area contributed by atoms with Crippen molar-refractivity contribution in [3.05, 3.63) is 35.9 Å². The van der Waals surface area contributed by atoms with Crippen LogP contribution in [0.1, 0.15) is 154 Å². The molecule has 0 aliphatic rings. The van der Waals surface area contributed by atoms with Crippen LogP contribution in [0.25, 0.3) is 0 Å². The highest BCUT2D eigenvalue weighted by Crippen LogP contribution is 2.14. The minimum atomic E-state index is -1.91. The van der Waals surface area contributed by atoms with E-state index in [4.69, 9.17) is 101 Å². The third-order valence-corrected chi connectivity index (χ3v) is 20.3. The lowest BCUT2D eigenvalue weighted by molar-refractivity contribution is -0.147. The molecule has 15 amide bonds. The standard InChI is InChI=1S/C81H147N41O19/c1-43(2)36-54(122-72(139)55(37-44-16-4-3-5-17-44)113-59(125)41-109-62(129)45(83)18-6-7-27-82)64(131)110-39-57(123)108-40-58(124)112-47(20-9-29-101-75(86)87)65(132)116-49(22-11-31-103-77(90)91)67(134)118-51(24-13-33-105-79(94)95)69(136)120-53(26-15-35-107-81(98)99)71(138)121-52(25-14-34-106-80(96)97)70(137)119-50(23-12-32-104-78(92)93)68(135)117-48(21-10-30-102-76(88)89)66(133)115-46(19-8-28-100-74(84)85)63(130)111-42-60(126)114-56(73(140)141)38-61(127)128/h3-5,16-17,43,45-56H,6-15,18-42,82-83H2,1-2H3,(H,108,123)(H,109,129)(H,110,131)(H,111,130)(H,112,124)(H,113,125)(H,114,126)(H,115,133)(H,116,132)(H,117,135)(H,118,134)(H,119,137)(H,120,136)(H,121,138)(H,122,139)(H,127,128)(H,140,141)(H4,84,85,100)(H4,86,87,101)(H4,88,89,102)(H4,90,91,103)(H4,92,93,104)(H4,94,95,105)(H4,96,97,106)(H4,98,99,107)/t45-,46-,47-,48-,49-,50-,51-,52-,53-,54-,55-,56-/m0/s1. The van der Waals surface area contributed by atoms with Crippen LogP contribution in [0.5, 0.6) is 0 Å². The van der Waals surface area contributed by atoms with E-state index in [-0.39, 0.29) is 174 Å². The zero-order valence-electron chi connectivity index (χ0n) is 79.2. The first-order valence-electron chi connectivity index (χ1n) is 45.6. The second-order valence-corrected chi connectivity index (χ2v) is 32.8. The van der Waals surface area contributed by atoms with E-state index in [1.807, 2.05) is 5.32 Å². The maximum atomic E-state index is 15.1. The molecule has 0 aliphatic carbocycles. The lowest BCUT2D eigenvalue weighted by atomic mass is 10.0. The average molecular weight is 2000 g/mol. The summed E-state index contributed by atoms with van der Waals surface area (Å²) in [4.78, 5) is 235. The first-order valence-corrected chi connectivity index (χ1v) is 45.6. The Labute approximate surface area is 814 Å². The van der Waals surface area contributed by atoms with Crippen molar-refractivity contribution in [2.45, 2.75) is 228 Å². The fraction of sp³-hybridized carbons (Fsp3) is 0.617. The van der Waals surface area contributed by atoms with E-state index in [1.54, 1.807) is 44.2 Å². The molecular formula is C81H147N41O19. The fourth-order valence-corrected chi connectivity index (χ4v) is 13.2. The lowest BCUT2D eigenvalue weighted by Gasteiger charge is -2.28. The Bertz CT molecular complexity index is 4340. The Kier molecular flexibility index (Phi) is 61.2. The van der Waals surface area contributed by atoms with Crippen LogP contribution in [0, 0.1) is 49.2 Å². The molecule has 0 saturated carbocycles. The zero-order valence-corrected chi connectivity index (χ0v) is 79.2. The fourth-order valence-electron chi connectivity index (χ4n) is 13.2. The van der Waals surface area contributed by atoms with Gasteiger partial charge in [0.1, 0.15) is 66.5 Å². The Hall–Kier alpha value is -15.7. The number of benzene rings is 1. The number of amides is 15. The van der Waals surface area contributed by atoms with Gasteiger partial charge in [-0.3, -0.25) is 120 Å². The van der Waals surface area contributed by atoms with Crippen LogP contribution >= 0.6 is 0 Å². The minimum Gasteiger partial charge on any atom is -0.481 e. The molecule has 53 N–H and O–H groups in total. The minimum absolute atomic E-state index is 0.00289. The molecule has 790 valence electrons. The summed E-state index contributed by atoms with van der Waals surface area (Å²) in [6.45, 7) is 0.184. The predicted octanol–water partition coefficient (Wildman–Crippen LogP) is -13.8. The molecule has 1 aromatic carbocycles. The largest absolute Gasteiger partial charge is 0.481 e. The summed E-state index contributed by atoms with van der Waals surface area (Å²) in [5.74, 6) is -22.1. The molecule has 1 aromatic rings. The van der Waals surface area contributed by atoms with Crippen molar-refractivity contribution in [1.29, 1.82) is 43.3 Å².